The molecular weight excluding hydrogens is 332 g/mol. The SMILES string of the molecule is C/C=C/c1ccc(OC(C)C(O)c2ccc(OC)c(OC)c2)c(OC)c1. The van der Waals surface area contributed by atoms with E-state index in [0.29, 0.717) is 28.6 Å². The lowest BCUT2D eigenvalue weighted by Crippen LogP contribution is -2.22. The average molecular weight is 358 g/mol. The quantitative estimate of drug-likeness (QED) is 0.765. The molecule has 0 amide bonds. The second kappa shape index (κ2) is 9.15. The van der Waals surface area contributed by atoms with Gasteiger partial charge in [-0.05, 0) is 49.2 Å². The third kappa shape index (κ3) is 4.49. The lowest BCUT2D eigenvalue weighted by molar-refractivity contribution is 0.0450. The van der Waals surface area contributed by atoms with E-state index < -0.39 is 12.2 Å². The third-order valence-electron chi connectivity index (χ3n) is 4.05. The predicted molar refractivity (Wildman–Crippen MR) is 102 cm³/mol. The van der Waals surface area contributed by atoms with Crippen molar-refractivity contribution in [3.63, 3.8) is 0 Å². The molecule has 0 aliphatic heterocycles. The van der Waals surface area contributed by atoms with E-state index in [1.807, 2.05) is 37.3 Å². The molecule has 0 aliphatic carbocycles. The maximum absolute atomic E-state index is 10.7. The Kier molecular flexibility index (Phi) is 6.92. The van der Waals surface area contributed by atoms with Crippen LogP contribution in [0.15, 0.2) is 42.5 Å². The highest BCUT2D eigenvalue weighted by Gasteiger charge is 2.21. The summed E-state index contributed by atoms with van der Waals surface area (Å²) in [4.78, 5) is 0. The van der Waals surface area contributed by atoms with Gasteiger partial charge in [0.2, 0.25) is 0 Å². The highest BCUT2D eigenvalue weighted by molar-refractivity contribution is 5.55. The van der Waals surface area contributed by atoms with Crippen LogP contribution in [0.2, 0.25) is 0 Å². The van der Waals surface area contributed by atoms with Crippen LogP contribution in [-0.4, -0.2) is 32.5 Å². The van der Waals surface area contributed by atoms with Gasteiger partial charge in [0.25, 0.3) is 0 Å². The van der Waals surface area contributed by atoms with Gasteiger partial charge in [-0.3, -0.25) is 0 Å². The van der Waals surface area contributed by atoms with Gasteiger partial charge in [-0.25, -0.2) is 0 Å². The van der Waals surface area contributed by atoms with Crippen molar-refractivity contribution in [2.45, 2.75) is 26.1 Å². The van der Waals surface area contributed by atoms with Gasteiger partial charge in [0, 0.05) is 0 Å². The summed E-state index contributed by atoms with van der Waals surface area (Å²) in [6, 6.07) is 11.0. The number of aliphatic hydroxyl groups is 1. The average Bonchev–Trinajstić information content (AvgIpc) is 2.67. The van der Waals surface area contributed by atoms with Crippen LogP contribution in [0.25, 0.3) is 6.08 Å². The molecule has 0 saturated carbocycles. The van der Waals surface area contributed by atoms with Gasteiger partial charge >= 0.3 is 0 Å². The summed E-state index contributed by atoms with van der Waals surface area (Å²) in [5.74, 6) is 2.36. The fourth-order valence-corrected chi connectivity index (χ4v) is 2.65. The Labute approximate surface area is 154 Å². The predicted octanol–water partition coefficient (Wildman–Crippen LogP) is 4.25. The summed E-state index contributed by atoms with van der Waals surface area (Å²) in [7, 11) is 4.73. The number of aliphatic hydroxyl groups excluding tert-OH is 1. The van der Waals surface area contributed by atoms with E-state index in [-0.39, 0.29) is 0 Å². The molecule has 0 aliphatic rings. The Morgan fingerprint density at radius 2 is 1.46 bits per heavy atom. The van der Waals surface area contributed by atoms with Crippen molar-refractivity contribution in [2.24, 2.45) is 0 Å². The minimum atomic E-state index is -0.838. The molecule has 5 heteroatoms. The molecule has 140 valence electrons. The van der Waals surface area contributed by atoms with Crippen LogP contribution < -0.4 is 18.9 Å². The van der Waals surface area contributed by atoms with Crippen molar-refractivity contribution in [3.05, 3.63) is 53.6 Å². The summed E-state index contributed by atoms with van der Waals surface area (Å²) < 4.78 is 21.9. The molecule has 2 unspecified atom stereocenters. The molecule has 5 nitrogen and oxygen atoms in total. The summed E-state index contributed by atoms with van der Waals surface area (Å²) in [5.41, 5.74) is 1.70. The largest absolute Gasteiger partial charge is 0.493 e. The molecule has 1 N–H and O–H groups in total. The number of methoxy groups -OCH3 is 3. The van der Waals surface area contributed by atoms with Crippen LogP contribution >= 0.6 is 0 Å². The summed E-state index contributed by atoms with van der Waals surface area (Å²) >= 11 is 0. The lowest BCUT2D eigenvalue weighted by Gasteiger charge is -2.23. The topological polar surface area (TPSA) is 57.2 Å². The van der Waals surface area contributed by atoms with Crippen molar-refractivity contribution < 1.29 is 24.1 Å². The van der Waals surface area contributed by atoms with Crippen LogP contribution in [0.1, 0.15) is 31.1 Å². The minimum Gasteiger partial charge on any atom is -0.493 e. The smallest absolute Gasteiger partial charge is 0.161 e. The summed E-state index contributed by atoms with van der Waals surface area (Å²) in [6.07, 6.45) is 2.61. The van der Waals surface area contributed by atoms with Crippen molar-refractivity contribution >= 4 is 6.08 Å². The zero-order valence-corrected chi connectivity index (χ0v) is 15.9. The Hall–Kier alpha value is -2.66. The molecule has 0 heterocycles. The Bertz CT molecular complexity index is 754. The molecule has 0 aromatic heterocycles. The fraction of sp³-hybridized carbons (Fsp3) is 0.333. The molecule has 0 fully saturated rings. The van der Waals surface area contributed by atoms with Gasteiger partial charge in [-0.15, -0.1) is 0 Å². The number of hydrogen-bond acceptors (Lipinski definition) is 5. The molecule has 2 rings (SSSR count). The van der Waals surface area contributed by atoms with Crippen LogP contribution in [0, 0.1) is 0 Å². The van der Waals surface area contributed by atoms with Gasteiger partial charge in [0.1, 0.15) is 12.2 Å². The summed E-state index contributed by atoms with van der Waals surface area (Å²) in [5, 5.41) is 10.7. The van der Waals surface area contributed by atoms with E-state index in [1.165, 1.54) is 0 Å². The van der Waals surface area contributed by atoms with Crippen LogP contribution in [0.4, 0.5) is 0 Å². The Balaban J connectivity index is 2.20. The van der Waals surface area contributed by atoms with Gasteiger partial charge < -0.3 is 24.1 Å². The number of allylic oxidation sites excluding steroid dienone is 1. The maximum atomic E-state index is 10.7. The van der Waals surface area contributed by atoms with E-state index in [9.17, 15) is 5.11 Å². The van der Waals surface area contributed by atoms with E-state index in [2.05, 4.69) is 0 Å². The van der Waals surface area contributed by atoms with Crippen LogP contribution in [-0.2, 0) is 0 Å². The number of rotatable bonds is 8. The molecule has 2 aromatic carbocycles. The maximum Gasteiger partial charge on any atom is 0.161 e. The Morgan fingerprint density at radius 3 is 2.08 bits per heavy atom. The first-order valence-corrected chi connectivity index (χ1v) is 8.41. The summed E-state index contributed by atoms with van der Waals surface area (Å²) in [6.45, 7) is 3.76. The zero-order chi connectivity index (χ0) is 19.1. The second-order valence-corrected chi connectivity index (χ2v) is 5.79. The first-order valence-electron chi connectivity index (χ1n) is 8.41. The molecule has 0 bridgehead atoms. The van der Waals surface area contributed by atoms with Crippen molar-refractivity contribution in [2.75, 3.05) is 21.3 Å². The molecule has 0 spiro atoms. The van der Waals surface area contributed by atoms with E-state index >= 15 is 0 Å². The van der Waals surface area contributed by atoms with E-state index in [1.54, 1.807) is 46.5 Å². The lowest BCUT2D eigenvalue weighted by atomic mass is 10.0. The first kappa shape index (κ1) is 19.7. The van der Waals surface area contributed by atoms with Gasteiger partial charge in [0.15, 0.2) is 23.0 Å². The van der Waals surface area contributed by atoms with Gasteiger partial charge in [-0.1, -0.05) is 24.3 Å². The van der Waals surface area contributed by atoms with Gasteiger partial charge in [-0.2, -0.15) is 0 Å². The standard InChI is InChI=1S/C21H26O5/c1-6-7-15-8-10-18(19(12-15)24-4)26-14(2)21(22)16-9-11-17(23-3)20(13-16)25-5/h6-14,21-22H,1-5H3/b7-6+. The number of benzene rings is 2. The van der Waals surface area contributed by atoms with Crippen molar-refractivity contribution in [1.82, 2.24) is 0 Å². The Morgan fingerprint density at radius 1 is 0.846 bits per heavy atom. The van der Waals surface area contributed by atoms with Crippen molar-refractivity contribution in [3.8, 4) is 23.0 Å². The number of hydrogen-bond donors (Lipinski definition) is 1. The molecule has 26 heavy (non-hydrogen) atoms. The van der Waals surface area contributed by atoms with Gasteiger partial charge in [0.05, 0.1) is 21.3 Å². The fourth-order valence-electron chi connectivity index (χ4n) is 2.65. The zero-order valence-electron chi connectivity index (χ0n) is 15.9. The molecule has 2 atom stereocenters. The number of ether oxygens (including phenoxy) is 4. The normalized spacial score (nSPS) is 13.3. The minimum absolute atomic E-state index is 0.491. The monoisotopic (exact) mass is 358 g/mol. The van der Waals surface area contributed by atoms with E-state index in [4.69, 9.17) is 18.9 Å². The molecule has 0 saturated heterocycles. The van der Waals surface area contributed by atoms with Crippen LogP contribution in [0.5, 0.6) is 23.0 Å². The third-order valence-corrected chi connectivity index (χ3v) is 4.05. The van der Waals surface area contributed by atoms with Crippen molar-refractivity contribution in [1.29, 1.82) is 0 Å². The molecular formula is C21H26O5. The second-order valence-electron chi connectivity index (χ2n) is 5.79. The van der Waals surface area contributed by atoms with Crippen LogP contribution in [0.3, 0.4) is 0 Å². The molecule has 2 aromatic rings. The first-order chi connectivity index (χ1) is 12.5. The highest BCUT2D eigenvalue weighted by Crippen LogP contribution is 2.34. The highest BCUT2D eigenvalue weighted by atomic mass is 16.5. The van der Waals surface area contributed by atoms with E-state index in [0.717, 1.165) is 5.56 Å². The molecule has 0 radical (unpaired) electrons.